The summed E-state index contributed by atoms with van der Waals surface area (Å²) in [5.41, 5.74) is 3.63. The van der Waals surface area contributed by atoms with Gasteiger partial charge in [-0.05, 0) is 22.9 Å². The van der Waals surface area contributed by atoms with E-state index >= 15 is 0 Å². The number of pyridine rings is 1. The van der Waals surface area contributed by atoms with Gasteiger partial charge in [0.25, 0.3) is 0 Å². The molecule has 2 nitrogen and oxygen atoms in total. The SMILES string of the molecule is c1ccc2c(-n3c4ccccc4c4ccc5ccsc5c43)cncc2c1. The van der Waals surface area contributed by atoms with E-state index in [1.54, 1.807) is 11.3 Å². The normalized spacial score (nSPS) is 11.8. The van der Waals surface area contributed by atoms with Crippen LogP contribution in [-0.2, 0) is 0 Å². The van der Waals surface area contributed by atoms with E-state index in [1.165, 1.54) is 37.3 Å². The van der Waals surface area contributed by atoms with Crippen molar-refractivity contribution in [3.63, 3.8) is 0 Å². The number of hydrogen-bond donors (Lipinski definition) is 0. The third-order valence-corrected chi connectivity index (χ3v) is 6.08. The summed E-state index contributed by atoms with van der Waals surface area (Å²) in [5, 5.41) is 8.43. The molecule has 6 aromatic rings. The molecular weight excluding hydrogens is 336 g/mol. The fourth-order valence-electron chi connectivity index (χ4n) is 4.00. The first-order chi connectivity index (χ1) is 12.9. The van der Waals surface area contributed by atoms with Crippen molar-refractivity contribution >= 4 is 54.0 Å². The molecule has 0 aliphatic carbocycles. The summed E-state index contributed by atoms with van der Waals surface area (Å²) in [4.78, 5) is 4.53. The first-order valence-electron chi connectivity index (χ1n) is 8.64. The number of fused-ring (bicyclic) bond motifs is 6. The predicted octanol–water partition coefficient (Wildman–Crippen LogP) is 6.55. The Balaban J connectivity index is 1.92. The summed E-state index contributed by atoms with van der Waals surface area (Å²) in [7, 11) is 0. The molecule has 0 bridgehead atoms. The maximum Gasteiger partial charge on any atom is 0.0724 e. The predicted molar refractivity (Wildman–Crippen MR) is 111 cm³/mol. The van der Waals surface area contributed by atoms with Crippen LogP contribution in [0.25, 0.3) is 48.4 Å². The van der Waals surface area contributed by atoms with Crippen molar-refractivity contribution in [1.82, 2.24) is 9.55 Å². The average molecular weight is 350 g/mol. The molecule has 3 heteroatoms. The molecule has 0 aliphatic heterocycles. The fourth-order valence-corrected chi connectivity index (χ4v) is 4.94. The molecule has 0 saturated heterocycles. The molecule has 0 N–H and O–H groups in total. The Kier molecular flexibility index (Phi) is 2.79. The van der Waals surface area contributed by atoms with Gasteiger partial charge in [-0.25, -0.2) is 0 Å². The minimum Gasteiger partial charge on any atom is -0.306 e. The van der Waals surface area contributed by atoms with Gasteiger partial charge in [-0.2, -0.15) is 0 Å². The second-order valence-electron chi connectivity index (χ2n) is 6.53. The Labute approximate surface area is 153 Å². The molecule has 6 rings (SSSR count). The lowest BCUT2D eigenvalue weighted by molar-refractivity contribution is 1.17. The average Bonchev–Trinajstić information content (AvgIpc) is 3.30. The molecule has 0 fully saturated rings. The topological polar surface area (TPSA) is 17.8 Å². The first kappa shape index (κ1) is 14.0. The summed E-state index contributed by atoms with van der Waals surface area (Å²) in [6, 6.07) is 23.8. The summed E-state index contributed by atoms with van der Waals surface area (Å²) in [6.07, 6.45) is 3.92. The Bertz CT molecular complexity index is 1430. The van der Waals surface area contributed by atoms with Crippen molar-refractivity contribution in [2.75, 3.05) is 0 Å². The number of benzene rings is 3. The van der Waals surface area contributed by atoms with Crippen LogP contribution >= 0.6 is 11.3 Å². The van der Waals surface area contributed by atoms with Crippen molar-refractivity contribution in [1.29, 1.82) is 0 Å². The van der Waals surface area contributed by atoms with Crippen LogP contribution in [0, 0.1) is 0 Å². The Hall–Kier alpha value is -3.17. The number of hydrogen-bond acceptors (Lipinski definition) is 2. The van der Waals surface area contributed by atoms with Gasteiger partial charge >= 0.3 is 0 Å². The molecule has 0 amide bonds. The van der Waals surface area contributed by atoms with Gasteiger partial charge in [0, 0.05) is 27.7 Å². The van der Waals surface area contributed by atoms with E-state index in [4.69, 9.17) is 0 Å². The summed E-state index contributed by atoms with van der Waals surface area (Å²) < 4.78 is 3.71. The van der Waals surface area contributed by atoms with Gasteiger partial charge in [0.1, 0.15) is 0 Å². The van der Waals surface area contributed by atoms with E-state index in [9.17, 15) is 0 Å². The lowest BCUT2D eigenvalue weighted by atomic mass is 10.1. The quantitative estimate of drug-likeness (QED) is 0.329. The van der Waals surface area contributed by atoms with Crippen molar-refractivity contribution in [2.24, 2.45) is 0 Å². The highest BCUT2D eigenvalue weighted by Crippen LogP contribution is 2.39. The smallest absolute Gasteiger partial charge is 0.0724 e. The lowest BCUT2D eigenvalue weighted by Crippen LogP contribution is -1.96. The number of para-hydroxylation sites is 1. The zero-order valence-corrected chi connectivity index (χ0v) is 14.7. The molecule has 0 saturated carbocycles. The Morgan fingerprint density at radius 2 is 1.54 bits per heavy atom. The standard InChI is InChI=1S/C23H14N2S/c1-2-6-17-16(5-1)13-24-14-21(17)25-20-8-4-3-7-18(20)19-10-9-15-11-12-26-23(15)22(19)25/h1-14H. The van der Waals surface area contributed by atoms with Crippen LogP contribution in [0.15, 0.2) is 84.5 Å². The van der Waals surface area contributed by atoms with Crippen LogP contribution in [0.4, 0.5) is 0 Å². The van der Waals surface area contributed by atoms with E-state index in [-0.39, 0.29) is 0 Å². The van der Waals surface area contributed by atoms with Gasteiger partial charge in [0.15, 0.2) is 0 Å². The van der Waals surface area contributed by atoms with Crippen molar-refractivity contribution < 1.29 is 0 Å². The summed E-state index contributed by atoms with van der Waals surface area (Å²) in [5.74, 6) is 0. The van der Waals surface area contributed by atoms with Crippen LogP contribution in [0.3, 0.4) is 0 Å². The number of nitrogens with zero attached hydrogens (tertiary/aromatic N) is 2. The van der Waals surface area contributed by atoms with Crippen molar-refractivity contribution in [2.45, 2.75) is 0 Å². The van der Waals surface area contributed by atoms with Gasteiger partial charge in [-0.3, -0.25) is 4.98 Å². The molecule has 0 radical (unpaired) electrons. The van der Waals surface area contributed by atoms with Crippen LogP contribution in [0.1, 0.15) is 0 Å². The van der Waals surface area contributed by atoms with Crippen LogP contribution in [0.5, 0.6) is 0 Å². The molecule has 0 spiro atoms. The van der Waals surface area contributed by atoms with E-state index in [0.717, 1.165) is 11.1 Å². The van der Waals surface area contributed by atoms with Crippen molar-refractivity contribution in [3.8, 4) is 5.69 Å². The van der Waals surface area contributed by atoms with Crippen LogP contribution in [0.2, 0.25) is 0 Å². The minimum atomic E-state index is 1.13. The number of thiophene rings is 1. The molecule has 26 heavy (non-hydrogen) atoms. The molecule has 0 unspecified atom stereocenters. The number of rotatable bonds is 1. The van der Waals surface area contributed by atoms with E-state index in [0.29, 0.717) is 0 Å². The van der Waals surface area contributed by atoms with Crippen LogP contribution in [-0.4, -0.2) is 9.55 Å². The largest absolute Gasteiger partial charge is 0.306 e. The highest BCUT2D eigenvalue weighted by Gasteiger charge is 2.16. The molecule has 3 aromatic carbocycles. The van der Waals surface area contributed by atoms with E-state index in [1.807, 2.05) is 12.4 Å². The first-order valence-corrected chi connectivity index (χ1v) is 9.52. The van der Waals surface area contributed by atoms with Crippen molar-refractivity contribution in [3.05, 3.63) is 84.5 Å². The van der Waals surface area contributed by atoms with Crippen LogP contribution < -0.4 is 0 Å². The molecule has 122 valence electrons. The third-order valence-electron chi connectivity index (χ3n) is 5.14. The second kappa shape index (κ2) is 5.16. The van der Waals surface area contributed by atoms with Gasteiger partial charge in [0.05, 0.1) is 27.6 Å². The third kappa shape index (κ3) is 1.78. The molecule has 0 aliphatic rings. The van der Waals surface area contributed by atoms with Gasteiger partial charge in [-0.1, -0.05) is 54.6 Å². The van der Waals surface area contributed by atoms with Gasteiger partial charge in [0.2, 0.25) is 0 Å². The monoisotopic (exact) mass is 350 g/mol. The zero-order chi connectivity index (χ0) is 17.1. The molecule has 0 atom stereocenters. The van der Waals surface area contributed by atoms with E-state index < -0.39 is 0 Å². The fraction of sp³-hybridized carbons (Fsp3) is 0. The highest BCUT2D eigenvalue weighted by molar-refractivity contribution is 7.18. The molecular formula is C23H14N2S. The summed E-state index contributed by atoms with van der Waals surface area (Å²) >= 11 is 1.81. The Morgan fingerprint density at radius 1 is 0.692 bits per heavy atom. The number of aromatic nitrogens is 2. The minimum absolute atomic E-state index is 1.13. The second-order valence-corrected chi connectivity index (χ2v) is 7.45. The highest BCUT2D eigenvalue weighted by atomic mass is 32.1. The lowest BCUT2D eigenvalue weighted by Gasteiger charge is -2.11. The molecule has 3 heterocycles. The Morgan fingerprint density at radius 3 is 2.50 bits per heavy atom. The zero-order valence-electron chi connectivity index (χ0n) is 13.9. The summed E-state index contributed by atoms with van der Waals surface area (Å²) in [6.45, 7) is 0. The molecule has 3 aromatic heterocycles. The van der Waals surface area contributed by atoms with E-state index in [2.05, 4.69) is 81.7 Å². The van der Waals surface area contributed by atoms with Gasteiger partial charge in [-0.15, -0.1) is 11.3 Å². The van der Waals surface area contributed by atoms with Gasteiger partial charge < -0.3 is 4.57 Å². The maximum absolute atomic E-state index is 4.53. The maximum atomic E-state index is 4.53.